The third-order valence-corrected chi connectivity index (χ3v) is 3.44. The lowest BCUT2D eigenvalue weighted by Crippen LogP contribution is -2.33. The summed E-state index contributed by atoms with van der Waals surface area (Å²) in [5, 5.41) is 5.37. The highest BCUT2D eigenvalue weighted by atomic mass is 16.5. The molecular weight excluding hydrogens is 316 g/mol. The van der Waals surface area contributed by atoms with E-state index in [0.717, 1.165) is 16.9 Å². The molecule has 0 aliphatic carbocycles. The van der Waals surface area contributed by atoms with Crippen LogP contribution in [0, 0.1) is 6.92 Å². The molecule has 0 aliphatic heterocycles. The SMILES string of the molecule is Cc1ccc(CC(=O)NCC(=O)Nc2ccc(OC(C)C)cc2)cc1. The van der Waals surface area contributed by atoms with Gasteiger partial charge in [0.2, 0.25) is 11.8 Å². The van der Waals surface area contributed by atoms with Gasteiger partial charge in [-0.15, -0.1) is 0 Å². The number of carbonyl (C=O) groups excluding carboxylic acids is 2. The second kappa shape index (κ2) is 8.87. The highest BCUT2D eigenvalue weighted by Gasteiger charge is 2.07. The molecule has 25 heavy (non-hydrogen) atoms. The van der Waals surface area contributed by atoms with E-state index < -0.39 is 0 Å². The van der Waals surface area contributed by atoms with Gasteiger partial charge < -0.3 is 15.4 Å². The van der Waals surface area contributed by atoms with Crippen molar-refractivity contribution in [1.29, 1.82) is 0 Å². The summed E-state index contributed by atoms with van der Waals surface area (Å²) >= 11 is 0. The van der Waals surface area contributed by atoms with Crippen LogP contribution in [0.5, 0.6) is 5.75 Å². The van der Waals surface area contributed by atoms with Gasteiger partial charge in [-0.05, 0) is 50.6 Å². The molecule has 0 saturated heterocycles. The van der Waals surface area contributed by atoms with Crippen molar-refractivity contribution in [2.75, 3.05) is 11.9 Å². The predicted octanol–water partition coefficient (Wildman–Crippen LogP) is 3.08. The average molecular weight is 340 g/mol. The second-order valence-electron chi connectivity index (χ2n) is 6.18. The lowest BCUT2D eigenvalue weighted by molar-refractivity contribution is -0.123. The summed E-state index contributed by atoms with van der Waals surface area (Å²) in [6.07, 6.45) is 0.360. The Balaban J connectivity index is 1.76. The first kappa shape index (κ1) is 18.5. The average Bonchev–Trinajstić information content (AvgIpc) is 2.56. The molecule has 2 N–H and O–H groups in total. The first-order chi connectivity index (χ1) is 11.9. The molecule has 0 radical (unpaired) electrons. The first-order valence-electron chi connectivity index (χ1n) is 8.31. The summed E-state index contributed by atoms with van der Waals surface area (Å²) in [6, 6.07) is 14.9. The zero-order valence-electron chi connectivity index (χ0n) is 14.8. The number of aryl methyl sites for hydroxylation is 1. The Morgan fingerprint density at radius 2 is 1.60 bits per heavy atom. The zero-order valence-corrected chi connectivity index (χ0v) is 14.8. The monoisotopic (exact) mass is 340 g/mol. The van der Waals surface area contributed by atoms with Crippen LogP contribution in [0.1, 0.15) is 25.0 Å². The number of carbonyl (C=O) groups is 2. The second-order valence-corrected chi connectivity index (χ2v) is 6.18. The maximum Gasteiger partial charge on any atom is 0.243 e. The van der Waals surface area contributed by atoms with Crippen LogP contribution in [-0.4, -0.2) is 24.5 Å². The Hall–Kier alpha value is -2.82. The molecule has 132 valence electrons. The fraction of sp³-hybridized carbons (Fsp3) is 0.300. The molecule has 0 heterocycles. The van der Waals surface area contributed by atoms with Crippen LogP contribution in [0.4, 0.5) is 5.69 Å². The van der Waals surface area contributed by atoms with Gasteiger partial charge in [-0.3, -0.25) is 9.59 Å². The number of ether oxygens (including phenoxy) is 1. The fourth-order valence-corrected chi connectivity index (χ4v) is 2.23. The number of hydrogen-bond acceptors (Lipinski definition) is 3. The summed E-state index contributed by atoms with van der Waals surface area (Å²) in [5.41, 5.74) is 2.73. The normalized spacial score (nSPS) is 10.4. The molecule has 0 unspecified atom stereocenters. The van der Waals surface area contributed by atoms with Crippen LogP contribution in [0.25, 0.3) is 0 Å². The molecule has 0 atom stereocenters. The minimum Gasteiger partial charge on any atom is -0.491 e. The number of nitrogens with one attached hydrogen (secondary N) is 2. The molecule has 2 aromatic carbocycles. The maximum absolute atomic E-state index is 11.9. The smallest absolute Gasteiger partial charge is 0.243 e. The Morgan fingerprint density at radius 3 is 2.20 bits per heavy atom. The summed E-state index contributed by atoms with van der Waals surface area (Å²) in [6.45, 7) is 5.84. The molecule has 0 fully saturated rings. The molecule has 0 aromatic heterocycles. The number of hydrogen-bond donors (Lipinski definition) is 2. The summed E-state index contributed by atoms with van der Waals surface area (Å²) in [7, 11) is 0. The Bertz CT molecular complexity index is 707. The van der Waals surface area contributed by atoms with Gasteiger partial charge in [-0.2, -0.15) is 0 Å². The van der Waals surface area contributed by atoms with Gasteiger partial charge in [-0.25, -0.2) is 0 Å². The van der Waals surface area contributed by atoms with Gasteiger partial charge in [0.25, 0.3) is 0 Å². The lowest BCUT2D eigenvalue weighted by atomic mass is 10.1. The van der Waals surface area contributed by atoms with E-state index in [1.807, 2.05) is 45.0 Å². The van der Waals surface area contributed by atoms with Gasteiger partial charge in [-0.1, -0.05) is 29.8 Å². The number of anilines is 1. The van der Waals surface area contributed by atoms with Crippen molar-refractivity contribution in [1.82, 2.24) is 5.32 Å². The summed E-state index contributed by atoms with van der Waals surface area (Å²) in [5.74, 6) is 0.300. The topological polar surface area (TPSA) is 67.4 Å². The molecule has 2 rings (SSSR count). The highest BCUT2D eigenvalue weighted by molar-refractivity contribution is 5.94. The Kier molecular flexibility index (Phi) is 6.57. The van der Waals surface area contributed by atoms with Crippen molar-refractivity contribution < 1.29 is 14.3 Å². The van der Waals surface area contributed by atoms with E-state index in [0.29, 0.717) is 5.69 Å². The van der Waals surface area contributed by atoms with Crippen molar-refractivity contribution >= 4 is 17.5 Å². The molecule has 2 amide bonds. The zero-order chi connectivity index (χ0) is 18.2. The molecule has 2 aromatic rings. The van der Waals surface area contributed by atoms with Crippen molar-refractivity contribution in [3.8, 4) is 5.75 Å². The number of amides is 2. The van der Waals surface area contributed by atoms with Crippen LogP contribution in [0.15, 0.2) is 48.5 Å². The Labute approximate surface area is 148 Å². The molecule has 0 bridgehead atoms. The molecule has 0 aliphatic rings. The quantitative estimate of drug-likeness (QED) is 0.814. The van der Waals surface area contributed by atoms with Crippen LogP contribution >= 0.6 is 0 Å². The maximum atomic E-state index is 11.9. The molecule has 5 heteroatoms. The van der Waals surface area contributed by atoms with E-state index in [1.165, 1.54) is 0 Å². The van der Waals surface area contributed by atoms with Crippen LogP contribution in [0.3, 0.4) is 0 Å². The van der Waals surface area contributed by atoms with Crippen LogP contribution < -0.4 is 15.4 Å². The third-order valence-electron chi connectivity index (χ3n) is 3.44. The van der Waals surface area contributed by atoms with Crippen molar-refractivity contribution in [2.45, 2.75) is 33.3 Å². The molecular formula is C20H24N2O3. The van der Waals surface area contributed by atoms with Crippen molar-refractivity contribution in [3.05, 3.63) is 59.7 Å². The summed E-state index contributed by atoms with van der Waals surface area (Å²) in [4.78, 5) is 23.8. The molecule has 0 saturated carbocycles. The Morgan fingerprint density at radius 1 is 0.960 bits per heavy atom. The van der Waals surface area contributed by atoms with Crippen LogP contribution in [0.2, 0.25) is 0 Å². The minimum absolute atomic E-state index is 0.0606. The van der Waals surface area contributed by atoms with E-state index in [2.05, 4.69) is 10.6 Å². The van der Waals surface area contributed by atoms with E-state index in [-0.39, 0.29) is 30.9 Å². The van der Waals surface area contributed by atoms with Gasteiger partial charge in [0, 0.05) is 5.69 Å². The van der Waals surface area contributed by atoms with Crippen molar-refractivity contribution in [3.63, 3.8) is 0 Å². The first-order valence-corrected chi connectivity index (χ1v) is 8.31. The van der Waals surface area contributed by atoms with Crippen LogP contribution in [-0.2, 0) is 16.0 Å². The number of rotatable bonds is 7. The minimum atomic E-state index is -0.269. The fourth-order valence-electron chi connectivity index (χ4n) is 2.23. The van der Waals surface area contributed by atoms with E-state index in [9.17, 15) is 9.59 Å². The van der Waals surface area contributed by atoms with Gasteiger partial charge >= 0.3 is 0 Å². The molecule has 5 nitrogen and oxygen atoms in total. The number of benzene rings is 2. The van der Waals surface area contributed by atoms with Gasteiger partial charge in [0.05, 0.1) is 19.1 Å². The highest BCUT2D eigenvalue weighted by Crippen LogP contribution is 2.16. The standard InChI is InChI=1S/C20H24N2O3/c1-14(2)25-18-10-8-17(9-11-18)22-20(24)13-21-19(23)12-16-6-4-15(3)5-7-16/h4-11,14H,12-13H2,1-3H3,(H,21,23)(H,22,24). The lowest BCUT2D eigenvalue weighted by Gasteiger charge is -2.11. The van der Waals surface area contributed by atoms with E-state index in [1.54, 1.807) is 24.3 Å². The van der Waals surface area contributed by atoms with E-state index in [4.69, 9.17) is 4.74 Å². The predicted molar refractivity (Wildman–Crippen MR) is 98.7 cm³/mol. The van der Waals surface area contributed by atoms with Gasteiger partial charge in [0.1, 0.15) is 5.75 Å². The third kappa shape index (κ3) is 6.67. The van der Waals surface area contributed by atoms with Crippen molar-refractivity contribution in [2.24, 2.45) is 0 Å². The summed E-state index contributed by atoms with van der Waals surface area (Å²) < 4.78 is 5.55. The molecule has 0 spiro atoms. The van der Waals surface area contributed by atoms with E-state index >= 15 is 0 Å². The largest absolute Gasteiger partial charge is 0.491 e. The van der Waals surface area contributed by atoms with Gasteiger partial charge in [0.15, 0.2) is 0 Å².